The first-order chi connectivity index (χ1) is 11.1. The molecule has 2 atom stereocenters. The van der Waals surface area contributed by atoms with Crippen molar-refractivity contribution in [1.29, 1.82) is 0 Å². The Bertz CT molecular complexity index is 674. The Morgan fingerprint density at radius 3 is 2.57 bits per heavy atom. The highest BCUT2D eigenvalue weighted by atomic mass is 79.9. The fourth-order valence-electron chi connectivity index (χ4n) is 3.01. The standard InChI is InChI=1S/C19H20BrNO2/c1-14-12-21(19(22)17-9-5-6-10-18(17)20)13-16(23-14)11-15-7-3-2-4-8-15/h2-10,14,16H,11-13H2,1H3. The molecule has 1 fully saturated rings. The molecule has 0 spiro atoms. The highest BCUT2D eigenvalue weighted by Gasteiger charge is 2.29. The van der Waals surface area contributed by atoms with Crippen molar-refractivity contribution in [3.05, 3.63) is 70.2 Å². The van der Waals surface area contributed by atoms with Crippen molar-refractivity contribution in [1.82, 2.24) is 4.90 Å². The second-order valence-electron chi connectivity index (χ2n) is 5.95. The van der Waals surface area contributed by atoms with Crippen molar-refractivity contribution in [2.45, 2.75) is 25.6 Å². The quantitative estimate of drug-likeness (QED) is 0.815. The van der Waals surface area contributed by atoms with Crippen LogP contribution in [0.1, 0.15) is 22.8 Å². The third-order valence-corrected chi connectivity index (χ3v) is 4.72. The van der Waals surface area contributed by atoms with Crippen molar-refractivity contribution in [3.8, 4) is 0 Å². The number of rotatable bonds is 3. The van der Waals surface area contributed by atoms with Gasteiger partial charge in [0.15, 0.2) is 0 Å². The van der Waals surface area contributed by atoms with Crippen LogP contribution in [0.15, 0.2) is 59.1 Å². The Hall–Kier alpha value is -1.65. The van der Waals surface area contributed by atoms with Gasteiger partial charge in [0, 0.05) is 24.0 Å². The Labute approximate surface area is 145 Å². The molecule has 0 aliphatic carbocycles. The molecule has 0 aromatic heterocycles. The molecule has 3 rings (SSSR count). The van der Waals surface area contributed by atoms with E-state index in [1.54, 1.807) is 0 Å². The smallest absolute Gasteiger partial charge is 0.255 e. The van der Waals surface area contributed by atoms with E-state index in [1.807, 2.05) is 54.3 Å². The van der Waals surface area contributed by atoms with Crippen molar-refractivity contribution in [2.75, 3.05) is 13.1 Å². The van der Waals surface area contributed by atoms with Gasteiger partial charge in [-0.15, -0.1) is 0 Å². The first-order valence-electron chi connectivity index (χ1n) is 7.86. The molecule has 0 bridgehead atoms. The highest BCUT2D eigenvalue weighted by molar-refractivity contribution is 9.10. The van der Waals surface area contributed by atoms with E-state index in [-0.39, 0.29) is 18.1 Å². The first kappa shape index (κ1) is 16.2. The normalized spacial score (nSPS) is 21.2. The summed E-state index contributed by atoms with van der Waals surface area (Å²) in [7, 11) is 0. The molecule has 3 nitrogen and oxygen atoms in total. The third kappa shape index (κ3) is 4.01. The Morgan fingerprint density at radius 1 is 1.13 bits per heavy atom. The highest BCUT2D eigenvalue weighted by Crippen LogP contribution is 2.22. The maximum atomic E-state index is 12.8. The summed E-state index contributed by atoms with van der Waals surface area (Å²) in [6.07, 6.45) is 0.904. The van der Waals surface area contributed by atoms with E-state index >= 15 is 0 Å². The van der Waals surface area contributed by atoms with Gasteiger partial charge in [0.1, 0.15) is 0 Å². The average Bonchev–Trinajstić information content (AvgIpc) is 2.55. The summed E-state index contributed by atoms with van der Waals surface area (Å²) in [6, 6.07) is 17.8. The maximum absolute atomic E-state index is 12.8. The lowest BCUT2D eigenvalue weighted by Gasteiger charge is -2.37. The largest absolute Gasteiger partial charge is 0.371 e. The van der Waals surface area contributed by atoms with Gasteiger partial charge in [-0.25, -0.2) is 0 Å². The monoisotopic (exact) mass is 373 g/mol. The van der Waals surface area contributed by atoms with Crippen LogP contribution in [0.5, 0.6) is 0 Å². The van der Waals surface area contributed by atoms with E-state index in [4.69, 9.17) is 4.74 Å². The van der Waals surface area contributed by atoms with Crippen LogP contribution < -0.4 is 0 Å². The number of amides is 1. The number of ether oxygens (including phenoxy) is 1. The molecule has 1 aliphatic heterocycles. The van der Waals surface area contributed by atoms with Crippen molar-refractivity contribution in [3.63, 3.8) is 0 Å². The lowest BCUT2D eigenvalue weighted by Crippen LogP contribution is -2.49. The fraction of sp³-hybridized carbons (Fsp3) is 0.316. The van der Waals surface area contributed by atoms with Crippen molar-refractivity contribution >= 4 is 21.8 Å². The minimum Gasteiger partial charge on any atom is -0.371 e. The van der Waals surface area contributed by atoms with Gasteiger partial charge in [0.05, 0.1) is 17.8 Å². The SMILES string of the molecule is CC1CN(C(=O)c2ccccc2Br)CC(Cc2ccccc2)O1. The van der Waals surface area contributed by atoms with Gasteiger partial charge in [-0.05, 0) is 40.5 Å². The summed E-state index contributed by atoms with van der Waals surface area (Å²) < 4.78 is 6.87. The maximum Gasteiger partial charge on any atom is 0.255 e. The lowest BCUT2D eigenvalue weighted by molar-refractivity contribution is -0.0664. The van der Waals surface area contributed by atoms with Gasteiger partial charge in [0.25, 0.3) is 5.91 Å². The van der Waals surface area contributed by atoms with Gasteiger partial charge in [-0.3, -0.25) is 4.79 Å². The number of morpholine rings is 1. The second-order valence-corrected chi connectivity index (χ2v) is 6.80. The van der Waals surface area contributed by atoms with Crippen molar-refractivity contribution in [2.24, 2.45) is 0 Å². The van der Waals surface area contributed by atoms with Crippen LogP contribution >= 0.6 is 15.9 Å². The number of benzene rings is 2. The van der Waals surface area contributed by atoms with Gasteiger partial charge in [-0.1, -0.05) is 42.5 Å². The molecule has 2 unspecified atom stereocenters. The molecule has 23 heavy (non-hydrogen) atoms. The summed E-state index contributed by atoms with van der Waals surface area (Å²) in [5, 5.41) is 0. The predicted octanol–water partition coefficient (Wildman–Crippen LogP) is 3.92. The Balaban J connectivity index is 1.73. The summed E-state index contributed by atoms with van der Waals surface area (Å²) in [5.41, 5.74) is 1.94. The third-order valence-electron chi connectivity index (χ3n) is 4.02. The van der Waals surface area contributed by atoms with Gasteiger partial charge < -0.3 is 9.64 Å². The molecular formula is C19H20BrNO2. The molecule has 2 aromatic rings. The summed E-state index contributed by atoms with van der Waals surface area (Å²) in [6.45, 7) is 3.28. The van der Waals surface area contributed by atoms with E-state index in [0.717, 1.165) is 10.9 Å². The fourth-order valence-corrected chi connectivity index (χ4v) is 3.46. The number of carbonyl (C=O) groups is 1. The second kappa shape index (κ2) is 7.28. The minimum absolute atomic E-state index is 0.0348. The topological polar surface area (TPSA) is 29.5 Å². The zero-order chi connectivity index (χ0) is 16.2. The van der Waals surface area contributed by atoms with Crippen LogP contribution in [0, 0.1) is 0 Å². The minimum atomic E-state index is 0.0348. The van der Waals surface area contributed by atoms with E-state index in [0.29, 0.717) is 18.7 Å². The Morgan fingerprint density at radius 2 is 1.83 bits per heavy atom. The molecular weight excluding hydrogens is 354 g/mol. The average molecular weight is 374 g/mol. The number of nitrogens with zero attached hydrogens (tertiary/aromatic N) is 1. The summed E-state index contributed by atoms with van der Waals surface area (Å²) in [5.74, 6) is 0.0608. The van der Waals surface area contributed by atoms with Crippen LogP contribution in [-0.2, 0) is 11.2 Å². The molecule has 1 aliphatic rings. The summed E-state index contributed by atoms with van der Waals surface area (Å²) in [4.78, 5) is 14.7. The Kier molecular flexibility index (Phi) is 5.13. The lowest BCUT2D eigenvalue weighted by atomic mass is 10.0. The van der Waals surface area contributed by atoms with Crippen LogP contribution in [0.4, 0.5) is 0 Å². The zero-order valence-corrected chi connectivity index (χ0v) is 14.7. The van der Waals surface area contributed by atoms with Gasteiger partial charge in [0.2, 0.25) is 0 Å². The zero-order valence-electron chi connectivity index (χ0n) is 13.1. The number of halogens is 1. The number of hydrogen-bond acceptors (Lipinski definition) is 2. The molecule has 1 amide bonds. The number of carbonyl (C=O) groups excluding carboxylic acids is 1. The van der Waals surface area contributed by atoms with E-state index in [2.05, 4.69) is 28.1 Å². The van der Waals surface area contributed by atoms with E-state index in [1.165, 1.54) is 5.56 Å². The van der Waals surface area contributed by atoms with Crippen LogP contribution in [0.3, 0.4) is 0 Å². The summed E-state index contributed by atoms with van der Waals surface area (Å²) >= 11 is 3.47. The van der Waals surface area contributed by atoms with E-state index < -0.39 is 0 Å². The van der Waals surface area contributed by atoms with Crippen LogP contribution in [-0.4, -0.2) is 36.1 Å². The molecule has 1 saturated heterocycles. The molecule has 1 heterocycles. The van der Waals surface area contributed by atoms with Crippen LogP contribution in [0.2, 0.25) is 0 Å². The van der Waals surface area contributed by atoms with E-state index in [9.17, 15) is 4.79 Å². The first-order valence-corrected chi connectivity index (χ1v) is 8.66. The molecule has 0 radical (unpaired) electrons. The molecule has 0 N–H and O–H groups in total. The molecule has 120 valence electrons. The molecule has 2 aromatic carbocycles. The molecule has 0 saturated carbocycles. The van der Waals surface area contributed by atoms with Crippen molar-refractivity contribution < 1.29 is 9.53 Å². The predicted molar refractivity (Wildman–Crippen MR) is 94.5 cm³/mol. The van der Waals surface area contributed by atoms with Gasteiger partial charge >= 0.3 is 0 Å². The van der Waals surface area contributed by atoms with Gasteiger partial charge in [-0.2, -0.15) is 0 Å². The molecule has 4 heteroatoms. The number of hydrogen-bond donors (Lipinski definition) is 0. The van der Waals surface area contributed by atoms with Crippen LogP contribution in [0.25, 0.3) is 0 Å².